The third-order valence-corrected chi connectivity index (χ3v) is 3.49. The molecule has 0 spiro atoms. The maximum absolute atomic E-state index is 12.1. The summed E-state index contributed by atoms with van der Waals surface area (Å²) in [6.45, 7) is 6.21. The molecule has 1 aromatic rings. The second-order valence-electron chi connectivity index (χ2n) is 5.24. The van der Waals surface area contributed by atoms with Crippen molar-refractivity contribution in [1.82, 2.24) is 0 Å². The van der Waals surface area contributed by atoms with Crippen molar-refractivity contribution in [1.29, 1.82) is 0 Å². The highest BCUT2D eigenvalue weighted by Gasteiger charge is 2.21. The summed E-state index contributed by atoms with van der Waals surface area (Å²) < 4.78 is 16.0. The topological polar surface area (TPSA) is 73.9 Å². The fraction of sp³-hybridized carbons (Fsp3) is 0.500. The third kappa shape index (κ3) is 3.90. The third-order valence-electron chi connectivity index (χ3n) is 3.49. The SMILES string of the molecule is CCC(C)C(=O)OC(C)C(=O)Nc1ccc2c(c1)OCCO2. The second kappa shape index (κ2) is 7.15. The average molecular weight is 307 g/mol. The van der Waals surface area contributed by atoms with Crippen molar-refractivity contribution in [3.63, 3.8) is 0 Å². The van der Waals surface area contributed by atoms with E-state index in [0.717, 1.165) is 0 Å². The van der Waals surface area contributed by atoms with Crippen LogP contribution in [0.25, 0.3) is 0 Å². The molecule has 6 heteroatoms. The zero-order valence-electron chi connectivity index (χ0n) is 13.0. The summed E-state index contributed by atoms with van der Waals surface area (Å²) in [5.74, 6) is 0.277. The largest absolute Gasteiger partial charge is 0.486 e. The molecule has 2 unspecified atom stereocenters. The molecular formula is C16H21NO5. The summed E-state index contributed by atoms with van der Waals surface area (Å²) in [5, 5.41) is 2.70. The van der Waals surface area contributed by atoms with Crippen molar-refractivity contribution in [2.75, 3.05) is 18.5 Å². The molecule has 6 nitrogen and oxygen atoms in total. The number of rotatable bonds is 5. The van der Waals surface area contributed by atoms with E-state index in [2.05, 4.69) is 5.32 Å². The van der Waals surface area contributed by atoms with Gasteiger partial charge in [-0.15, -0.1) is 0 Å². The molecule has 1 aliphatic heterocycles. The maximum atomic E-state index is 12.1. The van der Waals surface area contributed by atoms with Crippen LogP contribution in [0.4, 0.5) is 5.69 Å². The monoisotopic (exact) mass is 307 g/mol. The van der Waals surface area contributed by atoms with E-state index in [1.807, 2.05) is 6.92 Å². The van der Waals surface area contributed by atoms with Crippen LogP contribution in [0.15, 0.2) is 18.2 Å². The standard InChI is InChI=1S/C16H21NO5/c1-4-10(2)16(19)22-11(3)15(18)17-12-5-6-13-14(9-12)21-8-7-20-13/h5-6,9-11H,4,7-8H2,1-3H3,(H,17,18). The van der Waals surface area contributed by atoms with Gasteiger partial charge in [0.15, 0.2) is 17.6 Å². The Bertz CT molecular complexity index is 557. The molecule has 0 bridgehead atoms. The van der Waals surface area contributed by atoms with Crippen LogP contribution in [-0.2, 0) is 14.3 Å². The maximum Gasteiger partial charge on any atom is 0.309 e. The van der Waals surface area contributed by atoms with Gasteiger partial charge in [0.05, 0.1) is 5.92 Å². The van der Waals surface area contributed by atoms with Crippen LogP contribution in [0, 0.1) is 5.92 Å². The molecule has 2 rings (SSSR count). The summed E-state index contributed by atoms with van der Waals surface area (Å²) >= 11 is 0. The summed E-state index contributed by atoms with van der Waals surface area (Å²) in [4.78, 5) is 23.8. The number of hydrogen-bond donors (Lipinski definition) is 1. The fourth-order valence-corrected chi connectivity index (χ4v) is 1.88. The number of carbonyl (C=O) groups excluding carboxylic acids is 2. The Morgan fingerprint density at radius 1 is 1.23 bits per heavy atom. The Morgan fingerprint density at radius 2 is 1.91 bits per heavy atom. The smallest absolute Gasteiger partial charge is 0.309 e. The molecule has 1 aromatic carbocycles. The van der Waals surface area contributed by atoms with Crippen LogP contribution in [0.5, 0.6) is 11.5 Å². The number of anilines is 1. The lowest BCUT2D eigenvalue weighted by Gasteiger charge is -2.20. The molecule has 1 amide bonds. The van der Waals surface area contributed by atoms with Gasteiger partial charge in [-0.05, 0) is 25.5 Å². The van der Waals surface area contributed by atoms with Crippen LogP contribution in [0.2, 0.25) is 0 Å². The lowest BCUT2D eigenvalue weighted by Crippen LogP contribution is -2.31. The van der Waals surface area contributed by atoms with Gasteiger partial charge in [0, 0.05) is 11.8 Å². The predicted molar refractivity (Wildman–Crippen MR) is 81.1 cm³/mol. The molecule has 1 heterocycles. The predicted octanol–water partition coefficient (Wildman–Crippen LogP) is 2.37. The van der Waals surface area contributed by atoms with Gasteiger partial charge >= 0.3 is 5.97 Å². The van der Waals surface area contributed by atoms with Gasteiger partial charge in [-0.3, -0.25) is 9.59 Å². The minimum absolute atomic E-state index is 0.218. The minimum atomic E-state index is -0.852. The number of ether oxygens (including phenoxy) is 3. The minimum Gasteiger partial charge on any atom is -0.486 e. The van der Waals surface area contributed by atoms with Crippen LogP contribution in [-0.4, -0.2) is 31.2 Å². The Kier molecular flexibility index (Phi) is 5.25. The molecule has 2 atom stereocenters. The number of esters is 1. The van der Waals surface area contributed by atoms with Gasteiger partial charge in [0.2, 0.25) is 0 Å². The van der Waals surface area contributed by atoms with Gasteiger partial charge in [-0.1, -0.05) is 13.8 Å². The van der Waals surface area contributed by atoms with Gasteiger partial charge in [0.25, 0.3) is 5.91 Å². The Hall–Kier alpha value is -2.24. The molecule has 1 N–H and O–H groups in total. The highest BCUT2D eigenvalue weighted by atomic mass is 16.6. The van der Waals surface area contributed by atoms with E-state index in [9.17, 15) is 9.59 Å². The molecular weight excluding hydrogens is 286 g/mol. The number of amides is 1. The summed E-state index contributed by atoms with van der Waals surface area (Å²) in [6, 6.07) is 5.14. The van der Waals surface area contributed by atoms with Crippen LogP contribution in [0.1, 0.15) is 27.2 Å². The first-order chi connectivity index (χ1) is 10.5. The molecule has 0 aliphatic carbocycles. The van der Waals surface area contributed by atoms with E-state index in [4.69, 9.17) is 14.2 Å². The quantitative estimate of drug-likeness (QED) is 0.845. The molecule has 0 fully saturated rings. The first-order valence-corrected chi connectivity index (χ1v) is 7.42. The number of hydrogen-bond acceptors (Lipinski definition) is 5. The van der Waals surface area contributed by atoms with Crippen molar-refractivity contribution in [3.8, 4) is 11.5 Å². The highest BCUT2D eigenvalue weighted by Crippen LogP contribution is 2.32. The zero-order chi connectivity index (χ0) is 16.1. The fourth-order valence-electron chi connectivity index (χ4n) is 1.88. The van der Waals surface area contributed by atoms with E-state index in [1.54, 1.807) is 32.0 Å². The highest BCUT2D eigenvalue weighted by molar-refractivity contribution is 5.95. The molecule has 0 saturated heterocycles. The number of nitrogens with one attached hydrogen (secondary N) is 1. The van der Waals surface area contributed by atoms with Gasteiger partial charge in [-0.2, -0.15) is 0 Å². The first kappa shape index (κ1) is 16.1. The lowest BCUT2D eigenvalue weighted by molar-refractivity contribution is -0.156. The Morgan fingerprint density at radius 3 is 2.59 bits per heavy atom. The first-order valence-electron chi connectivity index (χ1n) is 7.42. The van der Waals surface area contributed by atoms with E-state index >= 15 is 0 Å². The number of benzene rings is 1. The van der Waals surface area contributed by atoms with Crippen molar-refractivity contribution in [2.45, 2.75) is 33.3 Å². The van der Waals surface area contributed by atoms with Crippen LogP contribution < -0.4 is 14.8 Å². The normalized spacial score (nSPS) is 15.6. The van der Waals surface area contributed by atoms with E-state index in [0.29, 0.717) is 36.8 Å². The molecule has 22 heavy (non-hydrogen) atoms. The van der Waals surface area contributed by atoms with Gasteiger partial charge in [-0.25, -0.2) is 0 Å². The van der Waals surface area contributed by atoms with Crippen molar-refractivity contribution >= 4 is 17.6 Å². The van der Waals surface area contributed by atoms with Gasteiger partial charge in [0.1, 0.15) is 13.2 Å². The number of carbonyl (C=O) groups is 2. The van der Waals surface area contributed by atoms with Crippen molar-refractivity contribution in [3.05, 3.63) is 18.2 Å². The molecule has 0 aromatic heterocycles. The average Bonchev–Trinajstić information content (AvgIpc) is 2.53. The van der Waals surface area contributed by atoms with Crippen molar-refractivity contribution < 1.29 is 23.8 Å². The number of fused-ring (bicyclic) bond motifs is 1. The van der Waals surface area contributed by atoms with E-state index in [1.165, 1.54) is 0 Å². The zero-order valence-corrected chi connectivity index (χ0v) is 13.0. The van der Waals surface area contributed by atoms with Crippen molar-refractivity contribution in [2.24, 2.45) is 5.92 Å². The Balaban J connectivity index is 1.95. The van der Waals surface area contributed by atoms with E-state index < -0.39 is 6.10 Å². The molecule has 0 saturated carbocycles. The van der Waals surface area contributed by atoms with E-state index in [-0.39, 0.29) is 17.8 Å². The summed E-state index contributed by atoms with van der Waals surface area (Å²) in [7, 11) is 0. The Labute approximate surface area is 129 Å². The molecule has 1 aliphatic rings. The van der Waals surface area contributed by atoms with Crippen LogP contribution in [0.3, 0.4) is 0 Å². The second-order valence-corrected chi connectivity index (χ2v) is 5.24. The van der Waals surface area contributed by atoms with Gasteiger partial charge < -0.3 is 19.5 Å². The lowest BCUT2D eigenvalue weighted by atomic mass is 10.1. The molecule has 0 radical (unpaired) electrons. The summed E-state index contributed by atoms with van der Waals surface area (Å²) in [6.07, 6.45) is -0.176. The van der Waals surface area contributed by atoms with Crippen LogP contribution >= 0.6 is 0 Å². The molecule has 120 valence electrons. The summed E-state index contributed by atoms with van der Waals surface area (Å²) in [5.41, 5.74) is 0.570.